The fourth-order valence-electron chi connectivity index (χ4n) is 3.09. The van der Waals surface area contributed by atoms with Gasteiger partial charge in [-0.15, -0.1) is 0 Å². The summed E-state index contributed by atoms with van der Waals surface area (Å²) >= 11 is 0. The number of nitrogens with one attached hydrogen (secondary N) is 1. The van der Waals surface area contributed by atoms with Gasteiger partial charge in [0.1, 0.15) is 0 Å². The maximum Gasteiger partial charge on any atom is 0.387 e. The van der Waals surface area contributed by atoms with Crippen LogP contribution in [0.3, 0.4) is 0 Å². The lowest BCUT2D eigenvalue weighted by atomic mass is 10.1. The van der Waals surface area contributed by atoms with Gasteiger partial charge in [-0.05, 0) is 44.5 Å². The molecule has 0 spiro atoms. The molecular weight excluding hydrogens is 392 g/mol. The lowest BCUT2D eigenvalue weighted by molar-refractivity contribution is -0.0512. The predicted octanol–water partition coefficient (Wildman–Crippen LogP) is 4.72. The van der Waals surface area contributed by atoms with Crippen LogP contribution >= 0.6 is 0 Å². The van der Waals surface area contributed by atoms with Gasteiger partial charge in [-0.2, -0.15) is 13.9 Å². The summed E-state index contributed by atoms with van der Waals surface area (Å²) in [5.74, 6) is -0.494. The van der Waals surface area contributed by atoms with E-state index in [4.69, 9.17) is 4.74 Å². The fourth-order valence-corrected chi connectivity index (χ4v) is 3.09. The number of nitrogens with zero attached hydrogens (tertiary/aromatic N) is 2. The second kappa shape index (κ2) is 8.94. The van der Waals surface area contributed by atoms with E-state index >= 15 is 0 Å². The number of hydrogen-bond donors (Lipinski definition) is 1. The van der Waals surface area contributed by atoms with Crippen molar-refractivity contribution in [1.82, 2.24) is 9.78 Å². The molecule has 2 aromatic carbocycles. The zero-order valence-corrected chi connectivity index (χ0v) is 17.2. The Hall–Kier alpha value is -3.42. The molecule has 0 aliphatic heterocycles. The Balaban J connectivity index is 1.80. The molecule has 6 nitrogen and oxygen atoms in total. The first-order valence-electron chi connectivity index (χ1n) is 9.32. The third-order valence-corrected chi connectivity index (χ3v) is 4.71. The summed E-state index contributed by atoms with van der Waals surface area (Å²) in [6.45, 7) is 3.32. The van der Waals surface area contributed by atoms with Crippen molar-refractivity contribution in [1.29, 1.82) is 0 Å². The largest absolute Gasteiger partial charge is 0.493 e. The summed E-state index contributed by atoms with van der Waals surface area (Å²) in [6, 6.07) is 12.2. The molecule has 158 valence electrons. The van der Waals surface area contributed by atoms with Crippen LogP contribution in [-0.2, 0) is 6.54 Å². The van der Waals surface area contributed by atoms with Gasteiger partial charge in [0.25, 0.3) is 5.91 Å². The van der Waals surface area contributed by atoms with E-state index in [1.54, 1.807) is 0 Å². The summed E-state index contributed by atoms with van der Waals surface area (Å²) in [6.07, 6.45) is 0. The van der Waals surface area contributed by atoms with Crippen LogP contribution in [-0.4, -0.2) is 29.4 Å². The number of aryl methyl sites for hydroxylation is 2. The number of carbonyl (C=O) groups excluding carboxylic acids is 1. The zero-order valence-electron chi connectivity index (χ0n) is 17.2. The third kappa shape index (κ3) is 4.76. The minimum absolute atomic E-state index is 0.0476. The number of anilines is 1. The molecule has 0 saturated carbocycles. The normalized spacial score (nSPS) is 10.9. The molecule has 3 rings (SSSR count). The second-order valence-electron chi connectivity index (χ2n) is 6.89. The first kappa shape index (κ1) is 21.3. The van der Waals surface area contributed by atoms with Crippen molar-refractivity contribution in [2.45, 2.75) is 33.9 Å². The summed E-state index contributed by atoms with van der Waals surface area (Å²) in [7, 11) is 1.32. The summed E-state index contributed by atoms with van der Waals surface area (Å²) < 4.78 is 36.2. The van der Waals surface area contributed by atoms with E-state index < -0.39 is 12.5 Å². The number of aromatic nitrogens is 2. The van der Waals surface area contributed by atoms with E-state index in [0.29, 0.717) is 17.9 Å². The predicted molar refractivity (Wildman–Crippen MR) is 110 cm³/mol. The third-order valence-electron chi connectivity index (χ3n) is 4.71. The molecule has 0 fully saturated rings. The highest BCUT2D eigenvalue weighted by atomic mass is 19.3. The highest BCUT2D eigenvalue weighted by Gasteiger charge is 2.18. The van der Waals surface area contributed by atoms with Crippen molar-refractivity contribution in [2.75, 3.05) is 12.4 Å². The van der Waals surface area contributed by atoms with Gasteiger partial charge in [-0.25, -0.2) is 0 Å². The molecule has 1 amide bonds. The van der Waals surface area contributed by atoms with Gasteiger partial charge >= 0.3 is 6.61 Å². The fraction of sp³-hybridized carbons (Fsp3) is 0.273. The van der Waals surface area contributed by atoms with Crippen LogP contribution in [0.15, 0.2) is 42.5 Å². The van der Waals surface area contributed by atoms with E-state index in [1.165, 1.54) is 30.9 Å². The van der Waals surface area contributed by atoms with E-state index in [2.05, 4.69) is 15.2 Å². The maximum atomic E-state index is 12.7. The number of rotatable bonds is 7. The number of amides is 1. The molecule has 1 N–H and O–H groups in total. The van der Waals surface area contributed by atoms with Gasteiger partial charge in [0, 0.05) is 5.56 Å². The molecule has 0 aliphatic rings. The van der Waals surface area contributed by atoms with Crippen LogP contribution < -0.4 is 14.8 Å². The number of benzene rings is 2. The standard InChI is InChI=1S/C22H23F2N3O3/c1-13-5-7-16(8-6-13)12-27-15(3)20(14(2)26-27)25-21(28)17-9-10-18(30-22(23)24)19(11-17)29-4/h5-11,22H,12H2,1-4H3,(H,25,28). The van der Waals surface area contributed by atoms with Crippen molar-refractivity contribution in [3.8, 4) is 11.5 Å². The molecule has 0 aliphatic carbocycles. The Labute approximate surface area is 173 Å². The maximum absolute atomic E-state index is 12.7. The van der Waals surface area contributed by atoms with E-state index in [0.717, 1.165) is 11.3 Å². The minimum Gasteiger partial charge on any atom is -0.493 e. The van der Waals surface area contributed by atoms with Crippen LogP contribution in [0.5, 0.6) is 11.5 Å². The molecule has 1 aromatic heterocycles. The number of methoxy groups -OCH3 is 1. The molecule has 30 heavy (non-hydrogen) atoms. The summed E-state index contributed by atoms with van der Waals surface area (Å²) in [5.41, 5.74) is 4.63. The number of alkyl halides is 2. The van der Waals surface area contributed by atoms with Crippen LogP contribution in [0.25, 0.3) is 0 Å². The van der Waals surface area contributed by atoms with Gasteiger partial charge in [0.05, 0.1) is 30.7 Å². The Kier molecular flexibility index (Phi) is 6.34. The van der Waals surface area contributed by atoms with Crippen LogP contribution in [0.4, 0.5) is 14.5 Å². The molecule has 0 radical (unpaired) electrons. The molecule has 0 atom stereocenters. The summed E-state index contributed by atoms with van der Waals surface area (Å²) in [4.78, 5) is 12.7. The highest BCUT2D eigenvalue weighted by molar-refractivity contribution is 6.05. The molecule has 3 aromatic rings. The van der Waals surface area contributed by atoms with Crippen molar-refractivity contribution in [3.05, 3.63) is 70.5 Å². The van der Waals surface area contributed by atoms with Crippen molar-refractivity contribution in [2.24, 2.45) is 0 Å². The molecular formula is C22H23F2N3O3. The lowest BCUT2D eigenvalue weighted by Crippen LogP contribution is -2.14. The molecule has 0 saturated heterocycles. The Morgan fingerprint density at radius 2 is 1.80 bits per heavy atom. The number of carbonyl (C=O) groups is 1. The minimum atomic E-state index is -2.98. The number of ether oxygens (including phenoxy) is 2. The molecule has 8 heteroatoms. The first-order valence-corrected chi connectivity index (χ1v) is 9.32. The summed E-state index contributed by atoms with van der Waals surface area (Å²) in [5, 5.41) is 7.38. The Morgan fingerprint density at radius 1 is 1.10 bits per heavy atom. The smallest absolute Gasteiger partial charge is 0.387 e. The number of halogens is 2. The monoisotopic (exact) mass is 415 g/mol. The van der Waals surface area contributed by atoms with E-state index in [1.807, 2.05) is 49.7 Å². The van der Waals surface area contributed by atoms with Crippen molar-refractivity contribution >= 4 is 11.6 Å². The average molecular weight is 415 g/mol. The van der Waals surface area contributed by atoms with E-state index in [-0.39, 0.29) is 17.1 Å². The van der Waals surface area contributed by atoms with Crippen LogP contribution in [0.2, 0.25) is 0 Å². The van der Waals surface area contributed by atoms with Crippen molar-refractivity contribution in [3.63, 3.8) is 0 Å². The van der Waals surface area contributed by atoms with Gasteiger partial charge < -0.3 is 14.8 Å². The Bertz CT molecular complexity index is 1050. The highest BCUT2D eigenvalue weighted by Crippen LogP contribution is 2.30. The number of hydrogen-bond acceptors (Lipinski definition) is 4. The van der Waals surface area contributed by atoms with E-state index in [9.17, 15) is 13.6 Å². The second-order valence-corrected chi connectivity index (χ2v) is 6.89. The first-order chi connectivity index (χ1) is 14.3. The molecule has 0 unspecified atom stereocenters. The lowest BCUT2D eigenvalue weighted by Gasteiger charge is -2.12. The van der Waals surface area contributed by atoms with Crippen molar-refractivity contribution < 1.29 is 23.0 Å². The van der Waals surface area contributed by atoms with Gasteiger partial charge in [-0.1, -0.05) is 29.8 Å². The van der Waals surface area contributed by atoms with Gasteiger partial charge in [0.15, 0.2) is 11.5 Å². The zero-order chi connectivity index (χ0) is 21.8. The Morgan fingerprint density at radius 3 is 2.43 bits per heavy atom. The molecule has 0 bridgehead atoms. The molecule has 1 heterocycles. The van der Waals surface area contributed by atoms with Crippen LogP contribution in [0, 0.1) is 20.8 Å². The average Bonchev–Trinajstić information content (AvgIpc) is 2.97. The SMILES string of the molecule is COc1cc(C(=O)Nc2c(C)nn(Cc3ccc(C)cc3)c2C)ccc1OC(F)F. The van der Waals surface area contributed by atoms with Gasteiger partial charge in [-0.3, -0.25) is 9.48 Å². The van der Waals surface area contributed by atoms with Crippen LogP contribution in [0.1, 0.15) is 32.9 Å². The van der Waals surface area contributed by atoms with Gasteiger partial charge in [0.2, 0.25) is 0 Å². The topological polar surface area (TPSA) is 65.4 Å². The quantitative estimate of drug-likeness (QED) is 0.607.